The van der Waals surface area contributed by atoms with Gasteiger partial charge in [-0.15, -0.1) is 10.2 Å². The van der Waals surface area contributed by atoms with E-state index in [4.69, 9.17) is 5.11 Å². The first-order chi connectivity index (χ1) is 8.15. The molecule has 1 saturated heterocycles. The Morgan fingerprint density at radius 3 is 3.18 bits per heavy atom. The van der Waals surface area contributed by atoms with Crippen LogP contribution >= 0.6 is 11.8 Å². The summed E-state index contributed by atoms with van der Waals surface area (Å²) in [6, 6.07) is 0. The van der Waals surface area contributed by atoms with Crippen LogP contribution in [0, 0.1) is 5.92 Å². The second kappa shape index (κ2) is 5.50. The number of nitrogens with zero attached hydrogens (tertiary/aromatic N) is 4. The lowest BCUT2D eigenvalue weighted by atomic mass is 10.1. The number of hydrogen-bond donors (Lipinski definition) is 1. The van der Waals surface area contributed by atoms with Crippen molar-refractivity contribution in [3.63, 3.8) is 0 Å². The Morgan fingerprint density at radius 1 is 1.71 bits per heavy atom. The molecular weight excluding hydrogens is 240 g/mol. The number of hydrogen-bond acceptors (Lipinski definition) is 5. The van der Waals surface area contributed by atoms with Crippen LogP contribution in [0.15, 0.2) is 11.5 Å². The van der Waals surface area contributed by atoms with Crippen molar-refractivity contribution in [2.24, 2.45) is 5.92 Å². The van der Waals surface area contributed by atoms with Gasteiger partial charge in [0.2, 0.25) is 0 Å². The normalized spacial score (nSPS) is 20.9. The summed E-state index contributed by atoms with van der Waals surface area (Å²) in [7, 11) is 2.12. The minimum absolute atomic E-state index is 0.0310. The highest BCUT2D eigenvalue weighted by Crippen LogP contribution is 2.20. The van der Waals surface area contributed by atoms with Crippen molar-refractivity contribution in [1.82, 2.24) is 19.7 Å². The predicted molar refractivity (Wildman–Crippen MR) is 64.0 cm³/mol. The second-order valence-electron chi connectivity index (χ2n) is 4.37. The first-order valence-corrected chi connectivity index (χ1v) is 6.54. The van der Waals surface area contributed by atoms with Gasteiger partial charge in [0.1, 0.15) is 6.33 Å². The number of thioether (sulfide) groups is 1. The highest BCUT2D eigenvalue weighted by molar-refractivity contribution is 7.99. The zero-order chi connectivity index (χ0) is 12.3. The van der Waals surface area contributed by atoms with Crippen LogP contribution in [0.2, 0.25) is 0 Å². The van der Waals surface area contributed by atoms with E-state index in [0.29, 0.717) is 11.1 Å². The second-order valence-corrected chi connectivity index (χ2v) is 5.31. The molecule has 0 radical (unpaired) electrons. The fourth-order valence-corrected chi connectivity index (χ4v) is 2.71. The number of likely N-dealkylation sites (tertiary alicyclic amines) is 1. The standard InChI is InChI=1S/C10H16N4O2S/c1-13-3-2-8(4-13)5-14-7-11-12-10(14)17-6-9(15)16/h7-8H,2-6H2,1H3,(H,15,16). The van der Waals surface area contributed by atoms with Crippen LogP contribution in [0.3, 0.4) is 0 Å². The molecule has 0 spiro atoms. The Labute approximate surface area is 104 Å². The van der Waals surface area contributed by atoms with Gasteiger partial charge in [-0.2, -0.15) is 0 Å². The van der Waals surface area contributed by atoms with Gasteiger partial charge in [-0.05, 0) is 25.9 Å². The average molecular weight is 256 g/mol. The quantitative estimate of drug-likeness (QED) is 0.769. The molecule has 7 heteroatoms. The van der Waals surface area contributed by atoms with E-state index in [1.807, 2.05) is 4.57 Å². The lowest BCUT2D eigenvalue weighted by molar-refractivity contribution is -0.133. The number of carboxylic acid groups (broad SMARTS) is 1. The first-order valence-electron chi connectivity index (χ1n) is 5.56. The number of rotatable bonds is 5. The summed E-state index contributed by atoms with van der Waals surface area (Å²) in [5.41, 5.74) is 0. The Hall–Kier alpha value is -1.08. The maximum Gasteiger partial charge on any atom is 0.313 e. The van der Waals surface area contributed by atoms with Gasteiger partial charge in [0.25, 0.3) is 0 Å². The Bertz CT molecular complexity index is 395. The molecule has 0 saturated carbocycles. The number of aromatic nitrogens is 3. The summed E-state index contributed by atoms with van der Waals surface area (Å²) in [4.78, 5) is 12.8. The lowest BCUT2D eigenvalue weighted by Gasteiger charge is -2.12. The molecule has 0 aliphatic carbocycles. The summed E-state index contributed by atoms with van der Waals surface area (Å²) in [5.74, 6) is -0.186. The maximum atomic E-state index is 10.5. The average Bonchev–Trinajstić information content (AvgIpc) is 2.86. The number of carbonyl (C=O) groups is 1. The van der Waals surface area contributed by atoms with E-state index in [2.05, 4.69) is 22.1 Å². The third-order valence-corrected chi connectivity index (χ3v) is 3.81. The van der Waals surface area contributed by atoms with Crippen molar-refractivity contribution in [3.05, 3.63) is 6.33 Å². The van der Waals surface area contributed by atoms with Crippen LogP contribution < -0.4 is 0 Å². The van der Waals surface area contributed by atoms with Crippen molar-refractivity contribution in [3.8, 4) is 0 Å². The van der Waals surface area contributed by atoms with Gasteiger partial charge in [-0.1, -0.05) is 11.8 Å². The van der Waals surface area contributed by atoms with Gasteiger partial charge >= 0.3 is 5.97 Å². The molecule has 2 heterocycles. The van der Waals surface area contributed by atoms with Crippen LogP contribution in [0.4, 0.5) is 0 Å². The number of aliphatic carboxylic acids is 1. The molecule has 0 amide bonds. The molecule has 0 bridgehead atoms. The Kier molecular flexibility index (Phi) is 4.01. The predicted octanol–water partition coefficient (Wildman–Crippen LogP) is 0.407. The molecule has 1 unspecified atom stereocenters. The van der Waals surface area contributed by atoms with Crippen LogP contribution in [0.25, 0.3) is 0 Å². The SMILES string of the molecule is CN1CCC(Cn2cnnc2SCC(=O)O)C1. The maximum absolute atomic E-state index is 10.5. The van der Waals surface area contributed by atoms with Crippen LogP contribution in [0.1, 0.15) is 6.42 Å². The van der Waals surface area contributed by atoms with E-state index in [-0.39, 0.29) is 5.75 Å². The Balaban J connectivity index is 1.92. The monoisotopic (exact) mass is 256 g/mol. The van der Waals surface area contributed by atoms with Crippen molar-refractivity contribution in [1.29, 1.82) is 0 Å². The van der Waals surface area contributed by atoms with Crippen LogP contribution in [-0.2, 0) is 11.3 Å². The molecule has 1 aliphatic heterocycles. The smallest absolute Gasteiger partial charge is 0.313 e. The summed E-state index contributed by atoms with van der Waals surface area (Å²) in [5, 5.41) is 17.1. The fraction of sp³-hybridized carbons (Fsp3) is 0.700. The van der Waals surface area contributed by atoms with E-state index in [0.717, 1.165) is 19.6 Å². The molecule has 6 nitrogen and oxygen atoms in total. The minimum atomic E-state index is -0.829. The van der Waals surface area contributed by atoms with Crippen molar-refractivity contribution >= 4 is 17.7 Å². The largest absolute Gasteiger partial charge is 0.481 e. The van der Waals surface area contributed by atoms with Gasteiger partial charge in [0.15, 0.2) is 5.16 Å². The molecule has 1 aromatic rings. The molecule has 1 fully saturated rings. The summed E-state index contributed by atoms with van der Waals surface area (Å²) >= 11 is 1.22. The molecule has 94 valence electrons. The highest BCUT2D eigenvalue weighted by atomic mass is 32.2. The van der Waals surface area contributed by atoms with Crippen molar-refractivity contribution in [2.75, 3.05) is 25.9 Å². The topological polar surface area (TPSA) is 71.2 Å². The molecule has 1 atom stereocenters. The van der Waals surface area contributed by atoms with E-state index >= 15 is 0 Å². The molecule has 1 N–H and O–H groups in total. The fourth-order valence-electron chi connectivity index (χ4n) is 2.06. The molecule has 1 aliphatic rings. The van der Waals surface area contributed by atoms with E-state index in [9.17, 15) is 4.79 Å². The van der Waals surface area contributed by atoms with E-state index in [1.165, 1.54) is 18.2 Å². The van der Waals surface area contributed by atoms with Gasteiger partial charge in [0.05, 0.1) is 5.75 Å². The summed E-state index contributed by atoms with van der Waals surface area (Å²) in [6.45, 7) is 3.09. The van der Waals surface area contributed by atoms with Crippen LogP contribution in [-0.4, -0.2) is 56.6 Å². The van der Waals surface area contributed by atoms with Crippen molar-refractivity contribution < 1.29 is 9.90 Å². The zero-order valence-corrected chi connectivity index (χ0v) is 10.6. The number of carboxylic acids is 1. The molecule has 1 aromatic heterocycles. The molecule has 17 heavy (non-hydrogen) atoms. The highest BCUT2D eigenvalue weighted by Gasteiger charge is 2.21. The summed E-state index contributed by atoms with van der Waals surface area (Å²) < 4.78 is 1.96. The molecule has 0 aromatic carbocycles. The molecule has 2 rings (SSSR count). The lowest BCUT2D eigenvalue weighted by Crippen LogP contribution is -2.17. The Morgan fingerprint density at radius 2 is 2.53 bits per heavy atom. The first kappa shape index (κ1) is 12.4. The third-order valence-electron chi connectivity index (χ3n) is 2.85. The van der Waals surface area contributed by atoms with Gasteiger partial charge < -0.3 is 14.6 Å². The van der Waals surface area contributed by atoms with Gasteiger partial charge in [0, 0.05) is 13.1 Å². The van der Waals surface area contributed by atoms with E-state index < -0.39 is 5.97 Å². The summed E-state index contributed by atoms with van der Waals surface area (Å²) in [6.07, 6.45) is 2.86. The van der Waals surface area contributed by atoms with Gasteiger partial charge in [-0.3, -0.25) is 4.79 Å². The zero-order valence-electron chi connectivity index (χ0n) is 9.74. The third kappa shape index (κ3) is 3.44. The van der Waals surface area contributed by atoms with Crippen molar-refractivity contribution in [2.45, 2.75) is 18.1 Å². The van der Waals surface area contributed by atoms with Crippen LogP contribution in [0.5, 0.6) is 0 Å². The minimum Gasteiger partial charge on any atom is -0.481 e. The van der Waals surface area contributed by atoms with E-state index in [1.54, 1.807) is 6.33 Å². The molecular formula is C10H16N4O2S. The van der Waals surface area contributed by atoms with Gasteiger partial charge in [-0.25, -0.2) is 0 Å².